The lowest BCUT2D eigenvalue weighted by molar-refractivity contribution is 0.312. The number of piperazine rings is 1. The Morgan fingerprint density at radius 3 is 2.68 bits per heavy atom. The third kappa shape index (κ3) is 5.23. The third-order valence-corrected chi connectivity index (χ3v) is 7.28. The molecule has 0 unspecified atom stereocenters. The molecule has 2 aromatic carbocycles. The van der Waals surface area contributed by atoms with Crippen molar-refractivity contribution in [1.29, 1.82) is 0 Å². The van der Waals surface area contributed by atoms with Gasteiger partial charge in [-0.25, -0.2) is 4.98 Å². The van der Waals surface area contributed by atoms with E-state index in [0.29, 0.717) is 5.95 Å². The number of hydrogen-bond acceptors (Lipinski definition) is 8. The minimum absolute atomic E-state index is 0.357. The monoisotopic (exact) mass is 476 g/mol. The van der Waals surface area contributed by atoms with Gasteiger partial charge in [-0.1, -0.05) is 36.2 Å². The van der Waals surface area contributed by atoms with Gasteiger partial charge in [-0.3, -0.25) is 0 Å². The molecule has 2 heterocycles. The number of nitrogens with one attached hydrogen (secondary N) is 1. The van der Waals surface area contributed by atoms with Crippen LogP contribution in [-0.4, -0.2) is 60.5 Å². The fraction of sp³-hybridized carbons (Fsp3) is 0.385. The van der Waals surface area contributed by atoms with Gasteiger partial charge in [-0.05, 0) is 56.1 Å². The zero-order valence-electron chi connectivity index (χ0n) is 19.7. The number of likely N-dealkylation sites (N-methyl/N-ethyl adjacent to an activating group) is 1. The van der Waals surface area contributed by atoms with Crippen LogP contribution in [-0.2, 0) is 12.8 Å². The highest BCUT2D eigenvalue weighted by molar-refractivity contribution is 8.00. The quantitative estimate of drug-likeness (QED) is 0.372. The Labute approximate surface area is 205 Å². The predicted octanol–water partition coefficient (Wildman–Crippen LogP) is 4.11. The minimum atomic E-state index is 0.357. The van der Waals surface area contributed by atoms with Crippen molar-refractivity contribution >= 4 is 29.4 Å². The number of aryl methyl sites for hydroxylation is 1. The first-order valence-electron chi connectivity index (χ1n) is 12.0. The van der Waals surface area contributed by atoms with Crippen molar-refractivity contribution in [2.24, 2.45) is 0 Å². The largest absolute Gasteiger partial charge is 0.494 e. The molecule has 8 heteroatoms. The summed E-state index contributed by atoms with van der Waals surface area (Å²) in [4.78, 5) is 14.0. The highest BCUT2D eigenvalue weighted by atomic mass is 32.2. The Morgan fingerprint density at radius 1 is 1.03 bits per heavy atom. The average Bonchev–Trinajstić information content (AvgIpc) is 2.86. The number of nitrogen functional groups attached to an aromatic ring is 1. The van der Waals surface area contributed by atoms with Crippen molar-refractivity contribution in [2.75, 3.05) is 60.9 Å². The van der Waals surface area contributed by atoms with E-state index in [1.807, 2.05) is 30.3 Å². The molecular weight excluding hydrogens is 444 g/mol. The summed E-state index contributed by atoms with van der Waals surface area (Å²) < 4.78 is 9.25. The van der Waals surface area contributed by atoms with Crippen molar-refractivity contribution < 1.29 is 4.74 Å². The number of hydrogen-bond donors (Lipinski definition) is 2. The van der Waals surface area contributed by atoms with E-state index in [0.717, 1.165) is 80.7 Å². The number of para-hydroxylation sites is 1. The fourth-order valence-corrected chi connectivity index (χ4v) is 5.21. The van der Waals surface area contributed by atoms with Crippen LogP contribution in [0.1, 0.15) is 17.5 Å². The predicted molar refractivity (Wildman–Crippen MR) is 142 cm³/mol. The van der Waals surface area contributed by atoms with Gasteiger partial charge in [0.2, 0.25) is 5.95 Å². The lowest BCUT2D eigenvalue weighted by Crippen LogP contribution is -2.45. The van der Waals surface area contributed by atoms with Crippen molar-refractivity contribution in [3.8, 4) is 17.0 Å². The van der Waals surface area contributed by atoms with Gasteiger partial charge < -0.3 is 25.0 Å². The number of anilines is 3. The first-order chi connectivity index (χ1) is 16.7. The number of nitrogens with two attached hydrogens (primary N) is 1. The van der Waals surface area contributed by atoms with Gasteiger partial charge in [-0.2, -0.15) is 4.98 Å². The summed E-state index contributed by atoms with van der Waals surface area (Å²) in [6.07, 6.45) is 2.91. The van der Waals surface area contributed by atoms with Crippen LogP contribution in [0.4, 0.5) is 17.5 Å². The first kappa shape index (κ1) is 22.8. The lowest BCUT2D eigenvalue weighted by atomic mass is 9.88. The molecule has 0 amide bonds. The summed E-state index contributed by atoms with van der Waals surface area (Å²) in [5.41, 5.74) is 12.0. The standard InChI is InChI=1S/C26H32N6OS/c1-31-12-14-32(15-13-31)25-23-10-8-19-18-20(9-11-22(19)24(23)28-26(27)29-25)30-34-17-5-16-33-21-6-3-2-4-7-21/h2-4,6-7,9,11,18,30H,5,8,10,12-17H2,1H3,(H2,27,28,29). The Kier molecular flexibility index (Phi) is 7.06. The van der Waals surface area contributed by atoms with Crippen molar-refractivity contribution in [2.45, 2.75) is 19.3 Å². The van der Waals surface area contributed by atoms with Crippen molar-refractivity contribution in [3.63, 3.8) is 0 Å². The van der Waals surface area contributed by atoms with Crippen LogP contribution in [0, 0.1) is 0 Å². The lowest BCUT2D eigenvalue weighted by Gasteiger charge is -2.35. The Morgan fingerprint density at radius 2 is 1.85 bits per heavy atom. The molecule has 178 valence electrons. The number of fused-ring (bicyclic) bond motifs is 3. The molecule has 0 bridgehead atoms. The molecule has 1 aliphatic heterocycles. The maximum absolute atomic E-state index is 6.16. The zero-order chi connectivity index (χ0) is 23.3. The summed E-state index contributed by atoms with van der Waals surface area (Å²) in [6, 6.07) is 16.5. The van der Waals surface area contributed by atoms with Crippen LogP contribution in [0.5, 0.6) is 5.75 Å². The molecule has 0 radical (unpaired) electrons. The topological polar surface area (TPSA) is 79.5 Å². The van der Waals surface area contributed by atoms with E-state index in [1.165, 1.54) is 16.7 Å². The molecular formula is C26H32N6OS. The van der Waals surface area contributed by atoms with E-state index in [-0.39, 0.29) is 0 Å². The van der Waals surface area contributed by atoms with E-state index in [9.17, 15) is 0 Å². The molecule has 5 rings (SSSR count). The zero-order valence-corrected chi connectivity index (χ0v) is 20.5. The second-order valence-electron chi connectivity index (χ2n) is 8.86. The molecule has 0 atom stereocenters. The van der Waals surface area contributed by atoms with E-state index in [2.05, 4.69) is 49.7 Å². The van der Waals surface area contributed by atoms with Gasteiger partial charge in [-0.15, -0.1) is 0 Å². The van der Waals surface area contributed by atoms with Gasteiger partial charge in [0.15, 0.2) is 0 Å². The van der Waals surface area contributed by atoms with Gasteiger partial charge >= 0.3 is 0 Å². The SMILES string of the molecule is CN1CCN(c2nc(N)nc3c2CCc2cc(NSCCCOc4ccccc4)ccc2-3)CC1. The van der Waals surface area contributed by atoms with Gasteiger partial charge in [0.25, 0.3) is 0 Å². The highest BCUT2D eigenvalue weighted by Gasteiger charge is 2.26. The van der Waals surface area contributed by atoms with Gasteiger partial charge in [0.05, 0.1) is 12.3 Å². The van der Waals surface area contributed by atoms with E-state index in [4.69, 9.17) is 10.5 Å². The van der Waals surface area contributed by atoms with Crippen molar-refractivity contribution in [3.05, 3.63) is 59.7 Å². The van der Waals surface area contributed by atoms with Crippen molar-refractivity contribution in [1.82, 2.24) is 14.9 Å². The normalized spacial score (nSPS) is 15.5. The second kappa shape index (κ2) is 10.5. The van der Waals surface area contributed by atoms with Crippen LogP contribution < -0.4 is 20.1 Å². The number of nitrogens with zero attached hydrogens (tertiary/aromatic N) is 4. The van der Waals surface area contributed by atoms with Crippen LogP contribution >= 0.6 is 11.9 Å². The smallest absolute Gasteiger partial charge is 0.222 e. The number of aromatic nitrogens is 2. The minimum Gasteiger partial charge on any atom is -0.494 e. The molecule has 0 saturated carbocycles. The number of benzene rings is 2. The van der Waals surface area contributed by atoms with E-state index >= 15 is 0 Å². The molecule has 3 N–H and O–H groups in total. The van der Waals surface area contributed by atoms with E-state index in [1.54, 1.807) is 11.9 Å². The molecule has 3 aromatic rings. The maximum Gasteiger partial charge on any atom is 0.222 e. The number of ether oxygens (including phenoxy) is 1. The Hall–Kier alpha value is -2.97. The first-order valence-corrected chi connectivity index (χ1v) is 12.9. The summed E-state index contributed by atoms with van der Waals surface area (Å²) in [5, 5.41) is 0. The van der Waals surface area contributed by atoms with Crippen LogP contribution in [0.15, 0.2) is 48.5 Å². The summed E-state index contributed by atoms with van der Waals surface area (Å²) in [7, 11) is 2.17. The Balaban J connectivity index is 1.21. The van der Waals surface area contributed by atoms with Crippen LogP contribution in [0.2, 0.25) is 0 Å². The number of rotatable bonds is 8. The van der Waals surface area contributed by atoms with Crippen LogP contribution in [0.3, 0.4) is 0 Å². The van der Waals surface area contributed by atoms with Gasteiger partial charge in [0.1, 0.15) is 11.6 Å². The molecule has 34 heavy (non-hydrogen) atoms. The van der Waals surface area contributed by atoms with Gasteiger partial charge in [0, 0.05) is 48.7 Å². The molecule has 1 saturated heterocycles. The summed E-state index contributed by atoms with van der Waals surface area (Å²) in [6.45, 7) is 4.75. The summed E-state index contributed by atoms with van der Waals surface area (Å²) in [5.74, 6) is 3.29. The molecule has 1 fully saturated rings. The highest BCUT2D eigenvalue weighted by Crippen LogP contribution is 2.38. The second-order valence-corrected chi connectivity index (χ2v) is 9.76. The van der Waals surface area contributed by atoms with E-state index < -0.39 is 0 Å². The molecule has 2 aliphatic rings. The molecule has 0 spiro atoms. The summed E-state index contributed by atoms with van der Waals surface area (Å²) >= 11 is 1.72. The molecule has 1 aliphatic carbocycles. The third-order valence-electron chi connectivity index (χ3n) is 6.40. The van der Waals surface area contributed by atoms with Crippen LogP contribution in [0.25, 0.3) is 11.3 Å². The molecule has 1 aromatic heterocycles. The average molecular weight is 477 g/mol. The Bertz CT molecular complexity index is 1120. The fourth-order valence-electron chi connectivity index (χ4n) is 4.55. The molecule has 7 nitrogen and oxygen atoms in total. The maximum atomic E-state index is 6.16.